The molecule has 0 radical (unpaired) electrons. The van der Waals surface area contributed by atoms with E-state index in [9.17, 15) is 0 Å². The lowest BCUT2D eigenvalue weighted by Gasteiger charge is -2.26. The Morgan fingerprint density at radius 3 is 2.32 bits per heavy atom. The quantitative estimate of drug-likeness (QED) is 0.875. The molecule has 19 heavy (non-hydrogen) atoms. The first-order valence-corrected chi connectivity index (χ1v) is 8.07. The van der Waals surface area contributed by atoms with Gasteiger partial charge in [-0.3, -0.25) is 0 Å². The van der Waals surface area contributed by atoms with E-state index < -0.39 is 0 Å². The van der Waals surface area contributed by atoms with Crippen LogP contribution < -0.4 is 5.32 Å². The minimum Gasteiger partial charge on any atom is -0.372 e. The van der Waals surface area contributed by atoms with Crippen LogP contribution in [0.3, 0.4) is 0 Å². The van der Waals surface area contributed by atoms with Gasteiger partial charge in [-0.2, -0.15) is 0 Å². The van der Waals surface area contributed by atoms with E-state index in [0.717, 1.165) is 27.7 Å². The molecule has 1 N–H and O–H groups in total. The molecular weight excluding hydrogens is 302 g/mol. The van der Waals surface area contributed by atoms with Gasteiger partial charge in [0, 0.05) is 13.0 Å². The van der Waals surface area contributed by atoms with E-state index in [4.69, 9.17) is 9.97 Å². The van der Waals surface area contributed by atoms with Crippen LogP contribution in [0.2, 0.25) is 0 Å². The Bertz CT molecular complexity index is 437. The van der Waals surface area contributed by atoms with Crippen molar-refractivity contribution in [3.8, 4) is 0 Å². The molecule has 1 heterocycles. The van der Waals surface area contributed by atoms with Gasteiger partial charge in [-0.05, 0) is 40.6 Å². The van der Waals surface area contributed by atoms with E-state index >= 15 is 0 Å². The summed E-state index contributed by atoms with van der Waals surface area (Å²) in [5.41, 5.74) is 1.12. The van der Waals surface area contributed by atoms with E-state index in [1.165, 1.54) is 25.7 Å². The van der Waals surface area contributed by atoms with Gasteiger partial charge in [-0.15, -0.1) is 0 Å². The number of aromatic nitrogens is 2. The zero-order chi connectivity index (χ0) is 14.0. The summed E-state index contributed by atoms with van der Waals surface area (Å²) < 4.78 is 1.01. The maximum Gasteiger partial charge on any atom is 0.144 e. The number of rotatable bonds is 3. The molecule has 0 aliphatic heterocycles. The molecule has 0 spiro atoms. The lowest BCUT2D eigenvalue weighted by Crippen LogP contribution is -2.16. The van der Waals surface area contributed by atoms with E-state index in [0.29, 0.717) is 11.8 Å². The van der Waals surface area contributed by atoms with Crippen LogP contribution in [0.25, 0.3) is 0 Å². The summed E-state index contributed by atoms with van der Waals surface area (Å²) in [6.45, 7) is 6.70. The lowest BCUT2D eigenvalue weighted by molar-refractivity contribution is 0.339. The van der Waals surface area contributed by atoms with Crippen LogP contribution in [-0.2, 0) is 0 Å². The summed E-state index contributed by atoms with van der Waals surface area (Å²) in [7, 11) is 1.92. The Kier molecular flexibility index (Phi) is 4.82. The predicted octanol–water partition coefficient (Wildman–Crippen LogP) is 4.70. The van der Waals surface area contributed by atoms with E-state index in [1.54, 1.807) is 0 Å². The first-order chi connectivity index (χ1) is 9.02. The van der Waals surface area contributed by atoms with Gasteiger partial charge in [-0.25, -0.2) is 9.97 Å². The second-order valence-corrected chi connectivity index (χ2v) is 6.78. The van der Waals surface area contributed by atoms with Crippen molar-refractivity contribution in [2.75, 3.05) is 12.4 Å². The van der Waals surface area contributed by atoms with Gasteiger partial charge in [0.2, 0.25) is 0 Å². The molecule has 0 amide bonds. The highest BCUT2D eigenvalue weighted by Gasteiger charge is 2.24. The number of halogens is 1. The fourth-order valence-electron chi connectivity index (χ4n) is 2.73. The number of hydrogen-bond donors (Lipinski definition) is 1. The molecule has 1 fully saturated rings. The monoisotopic (exact) mass is 325 g/mol. The van der Waals surface area contributed by atoms with Crippen LogP contribution in [-0.4, -0.2) is 17.0 Å². The second-order valence-electron chi connectivity index (χ2n) is 5.99. The fourth-order valence-corrected chi connectivity index (χ4v) is 3.56. The van der Waals surface area contributed by atoms with Crippen molar-refractivity contribution in [1.82, 2.24) is 9.97 Å². The number of nitrogens with one attached hydrogen (secondary N) is 1. The van der Waals surface area contributed by atoms with Gasteiger partial charge >= 0.3 is 0 Å². The molecule has 0 bridgehead atoms. The van der Waals surface area contributed by atoms with Crippen LogP contribution in [0, 0.1) is 5.92 Å². The summed E-state index contributed by atoms with van der Waals surface area (Å²) >= 11 is 3.62. The van der Waals surface area contributed by atoms with Gasteiger partial charge in [-0.1, -0.05) is 33.6 Å². The van der Waals surface area contributed by atoms with Crippen molar-refractivity contribution in [1.29, 1.82) is 0 Å². The summed E-state index contributed by atoms with van der Waals surface area (Å²) in [5.74, 6) is 3.76. The topological polar surface area (TPSA) is 37.8 Å². The van der Waals surface area contributed by atoms with Gasteiger partial charge in [0.25, 0.3) is 0 Å². The summed E-state index contributed by atoms with van der Waals surface area (Å²) in [6, 6.07) is 0. The zero-order valence-electron chi connectivity index (χ0n) is 12.3. The maximum absolute atomic E-state index is 4.83. The average molecular weight is 326 g/mol. The minimum absolute atomic E-state index is 0.408. The molecule has 1 aromatic rings. The molecule has 0 unspecified atom stereocenters. The van der Waals surface area contributed by atoms with Crippen molar-refractivity contribution in [3.05, 3.63) is 16.0 Å². The normalized spacial score (nSPS) is 23.7. The van der Waals surface area contributed by atoms with Crippen molar-refractivity contribution in [2.24, 2.45) is 5.92 Å². The number of hydrogen-bond acceptors (Lipinski definition) is 3. The molecule has 0 atom stereocenters. The standard InChI is InChI=1S/C15H24BrN3/c1-9(2)13-12(16)15(17-4)19-14(18-13)11-7-5-10(3)6-8-11/h9-11H,5-8H2,1-4H3,(H,17,18,19). The minimum atomic E-state index is 0.408. The molecule has 0 saturated heterocycles. The molecule has 0 aromatic carbocycles. The molecular formula is C15H24BrN3. The molecule has 4 heteroatoms. The van der Waals surface area contributed by atoms with Crippen LogP contribution in [0.4, 0.5) is 5.82 Å². The highest BCUT2D eigenvalue weighted by Crippen LogP contribution is 2.36. The molecule has 106 valence electrons. The Balaban J connectivity index is 2.32. The average Bonchev–Trinajstić information content (AvgIpc) is 2.39. The summed E-state index contributed by atoms with van der Waals surface area (Å²) in [4.78, 5) is 9.54. The van der Waals surface area contributed by atoms with Crippen LogP contribution in [0.15, 0.2) is 4.47 Å². The molecule has 1 aliphatic rings. The van der Waals surface area contributed by atoms with Crippen molar-refractivity contribution in [2.45, 2.75) is 58.3 Å². The lowest BCUT2D eigenvalue weighted by atomic mass is 9.82. The highest BCUT2D eigenvalue weighted by molar-refractivity contribution is 9.10. The van der Waals surface area contributed by atoms with Crippen molar-refractivity contribution in [3.63, 3.8) is 0 Å². The van der Waals surface area contributed by atoms with Crippen LogP contribution in [0.1, 0.15) is 69.8 Å². The van der Waals surface area contributed by atoms with E-state index in [1.807, 2.05) is 7.05 Å². The van der Waals surface area contributed by atoms with E-state index in [-0.39, 0.29) is 0 Å². The van der Waals surface area contributed by atoms with Crippen LogP contribution in [0.5, 0.6) is 0 Å². The van der Waals surface area contributed by atoms with E-state index in [2.05, 4.69) is 42.0 Å². The smallest absolute Gasteiger partial charge is 0.144 e. The SMILES string of the molecule is CNc1nc(C2CCC(C)CC2)nc(C(C)C)c1Br. The molecule has 3 nitrogen and oxygen atoms in total. The Hall–Kier alpha value is -0.640. The first-order valence-electron chi connectivity index (χ1n) is 7.28. The number of anilines is 1. The third-order valence-corrected chi connectivity index (χ3v) is 4.84. The first kappa shape index (κ1) is 14.8. The third kappa shape index (κ3) is 3.28. The molecule has 1 aromatic heterocycles. The van der Waals surface area contributed by atoms with Gasteiger partial charge in [0.1, 0.15) is 11.6 Å². The predicted molar refractivity (Wildman–Crippen MR) is 83.7 cm³/mol. The zero-order valence-corrected chi connectivity index (χ0v) is 13.9. The third-order valence-electron chi connectivity index (χ3n) is 4.06. The molecule has 1 aliphatic carbocycles. The summed E-state index contributed by atoms with van der Waals surface area (Å²) in [6.07, 6.45) is 5.05. The largest absolute Gasteiger partial charge is 0.372 e. The summed E-state index contributed by atoms with van der Waals surface area (Å²) in [5, 5.41) is 3.18. The fraction of sp³-hybridized carbons (Fsp3) is 0.733. The highest BCUT2D eigenvalue weighted by atomic mass is 79.9. The second kappa shape index (κ2) is 6.21. The molecule has 2 rings (SSSR count). The van der Waals surface area contributed by atoms with Gasteiger partial charge in [0.15, 0.2) is 0 Å². The molecule has 1 saturated carbocycles. The maximum atomic E-state index is 4.83. The van der Waals surface area contributed by atoms with Crippen LogP contribution >= 0.6 is 15.9 Å². The van der Waals surface area contributed by atoms with Crippen molar-refractivity contribution < 1.29 is 0 Å². The Morgan fingerprint density at radius 2 is 1.79 bits per heavy atom. The Labute approximate surface area is 124 Å². The number of nitrogens with zero attached hydrogens (tertiary/aromatic N) is 2. The Morgan fingerprint density at radius 1 is 1.16 bits per heavy atom. The van der Waals surface area contributed by atoms with Gasteiger partial charge in [0.05, 0.1) is 10.2 Å². The van der Waals surface area contributed by atoms with Gasteiger partial charge < -0.3 is 5.32 Å². The van der Waals surface area contributed by atoms with Crippen molar-refractivity contribution >= 4 is 21.7 Å².